The summed E-state index contributed by atoms with van der Waals surface area (Å²) in [6.07, 6.45) is 6.60. The summed E-state index contributed by atoms with van der Waals surface area (Å²) >= 11 is 6.03. The van der Waals surface area contributed by atoms with Crippen LogP contribution in [0.2, 0.25) is 5.15 Å². The molecule has 3 heterocycles. The van der Waals surface area contributed by atoms with Gasteiger partial charge in [-0.15, -0.1) is 0 Å². The van der Waals surface area contributed by atoms with Crippen LogP contribution in [0, 0.1) is 0 Å². The number of halogens is 1. The van der Waals surface area contributed by atoms with Crippen molar-refractivity contribution in [3.05, 3.63) is 29.0 Å². The molecule has 0 spiro atoms. The number of hydrogen-bond donors (Lipinski definition) is 2. The van der Waals surface area contributed by atoms with Crippen molar-refractivity contribution in [1.29, 1.82) is 0 Å². The average molecular weight is 334 g/mol. The second-order valence-electron chi connectivity index (χ2n) is 6.49. The number of amides is 1. The highest BCUT2D eigenvalue weighted by molar-refractivity contribution is 6.29. The number of carbonyl (C=O) groups excluding carboxylic acids is 1. The van der Waals surface area contributed by atoms with Crippen LogP contribution in [0.4, 0.5) is 0 Å². The summed E-state index contributed by atoms with van der Waals surface area (Å²) in [5, 5.41) is 3.67. The van der Waals surface area contributed by atoms with Crippen LogP contribution < -0.4 is 5.32 Å². The molecule has 0 unspecified atom stereocenters. The Kier molecular flexibility index (Phi) is 3.99. The monoisotopic (exact) mass is 333 g/mol. The zero-order chi connectivity index (χ0) is 15.8. The molecule has 0 aromatic carbocycles. The molecule has 1 aliphatic heterocycles. The summed E-state index contributed by atoms with van der Waals surface area (Å²) < 4.78 is 5.45. The van der Waals surface area contributed by atoms with Gasteiger partial charge in [0, 0.05) is 18.8 Å². The number of ether oxygens (including phenoxy) is 1. The minimum absolute atomic E-state index is 0.0493. The van der Waals surface area contributed by atoms with Gasteiger partial charge in [0.2, 0.25) is 5.91 Å². The fraction of sp³-hybridized carbons (Fsp3) is 0.529. The number of nitrogens with one attached hydrogen (secondary N) is 2. The van der Waals surface area contributed by atoms with Crippen molar-refractivity contribution in [3.63, 3.8) is 0 Å². The summed E-state index contributed by atoms with van der Waals surface area (Å²) in [5.74, 6) is 0.456. The van der Waals surface area contributed by atoms with E-state index in [-0.39, 0.29) is 18.1 Å². The SMILES string of the molecule is O=C(N[C@H]1CC[C@@H](c2c[nH]c3ccc(Cl)nc23)C1)[C@@H]1CCCO1. The molecule has 2 fully saturated rings. The van der Waals surface area contributed by atoms with Gasteiger partial charge in [-0.1, -0.05) is 11.6 Å². The molecule has 1 saturated carbocycles. The predicted octanol–water partition coefficient (Wildman–Crippen LogP) is 3.15. The van der Waals surface area contributed by atoms with Gasteiger partial charge >= 0.3 is 0 Å². The molecular formula is C17H20ClN3O2. The fourth-order valence-electron chi connectivity index (χ4n) is 3.78. The molecule has 122 valence electrons. The molecule has 1 saturated heterocycles. The van der Waals surface area contributed by atoms with Crippen molar-refractivity contribution in [3.8, 4) is 0 Å². The maximum Gasteiger partial charge on any atom is 0.249 e. The molecule has 4 rings (SSSR count). The number of pyridine rings is 1. The number of aromatic nitrogens is 2. The van der Waals surface area contributed by atoms with Crippen molar-refractivity contribution in [1.82, 2.24) is 15.3 Å². The first-order valence-electron chi connectivity index (χ1n) is 8.26. The van der Waals surface area contributed by atoms with Crippen LogP contribution in [0.3, 0.4) is 0 Å². The van der Waals surface area contributed by atoms with Crippen LogP contribution in [0.5, 0.6) is 0 Å². The molecule has 2 N–H and O–H groups in total. The highest BCUT2D eigenvalue weighted by Gasteiger charge is 2.31. The lowest BCUT2D eigenvalue weighted by Gasteiger charge is -2.16. The van der Waals surface area contributed by atoms with Crippen molar-refractivity contribution >= 4 is 28.5 Å². The van der Waals surface area contributed by atoms with E-state index >= 15 is 0 Å². The Morgan fingerprint density at radius 3 is 3.09 bits per heavy atom. The number of fused-ring (bicyclic) bond motifs is 1. The summed E-state index contributed by atoms with van der Waals surface area (Å²) in [6, 6.07) is 3.98. The van der Waals surface area contributed by atoms with Gasteiger partial charge in [-0.3, -0.25) is 4.79 Å². The number of H-pyrrole nitrogens is 1. The van der Waals surface area contributed by atoms with Gasteiger partial charge in [-0.25, -0.2) is 4.98 Å². The maximum absolute atomic E-state index is 12.2. The van der Waals surface area contributed by atoms with Crippen molar-refractivity contribution in [2.45, 2.75) is 50.2 Å². The number of rotatable bonds is 3. The first-order valence-corrected chi connectivity index (χ1v) is 8.64. The topological polar surface area (TPSA) is 67.0 Å². The highest BCUT2D eigenvalue weighted by atomic mass is 35.5. The normalized spacial score (nSPS) is 27.6. The molecule has 1 aliphatic carbocycles. The third kappa shape index (κ3) is 2.95. The number of aromatic amines is 1. The molecule has 2 aliphatic rings. The Morgan fingerprint density at radius 1 is 1.35 bits per heavy atom. The zero-order valence-electron chi connectivity index (χ0n) is 12.8. The Hall–Kier alpha value is -1.59. The van der Waals surface area contributed by atoms with Crippen LogP contribution >= 0.6 is 11.6 Å². The van der Waals surface area contributed by atoms with Gasteiger partial charge in [0.15, 0.2) is 0 Å². The van der Waals surface area contributed by atoms with E-state index in [4.69, 9.17) is 16.3 Å². The first-order chi connectivity index (χ1) is 11.2. The van der Waals surface area contributed by atoms with E-state index in [0.717, 1.165) is 43.1 Å². The third-order valence-corrected chi connectivity index (χ3v) is 5.17. The molecule has 2 aromatic rings. The molecule has 3 atom stereocenters. The Bertz CT molecular complexity index is 724. The van der Waals surface area contributed by atoms with Crippen LogP contribution in [-0.4, -0.2) is 34.6 Å². The lowest BCUT2D eigenvalue weighted by Crippen LogP contribution is -2.40. The second kappa shape index (κ2) is 6.13. The van der Waals surface area contributed by atoms with E-state index in [0.29, 0.717) is 17.7 Å². The van der Waals surface area contributed by atoms with Gasteiger partial charge in [0.1, 0.15) is 11.3 Å². The molecule has 0 bridgehead atoms. The second-order valence-corrected chi connectivity index (χ2v) is 6.88. The third-order valence-electron chi connectivity index (χ3n) is 4.96. The van der Waals surface area contributed by atoms with Crippen LogP contribution in [0.1, 0.15) is 43.6 Å². The molecule has 6 heteroatoms. The minimum Gasteiger partial charge on any atom is -0.368 e. The van der Waals surface area contributed by atoms with Crippen molar-refractivity contribution in [2.75, 3.05) is 6.61 Å². The number of carbonyl (C=O) groups is 1. The largest absolute Gasteiger partial charge is 0.368 e. The lowest BCUT2D eigenvalue weighted by molar-refractivity contribution is -0.130. The summed E-state index contributed by atoms with van der Waals surface area (Å²) in [4.78, 5) is 19.9. The fourth-order valence-corrected chi connectivity index (χ4v) is 3.93. The van der Waals surface area contributed by atoms with E-state index in [1.165, 1.54) is 5.56 Å². The molecule has 23 heavy (non-hydrogen) atoms. The smallest absolute Gasteiger partial charge is 0.249 e. The minimum atomic E-state index is -0.248. The van der Waals surface area contributed by atoms with Crippen LogP contribution in [-0.2, 0) is 9.53 Å². The van der Waals surface area contributed by atoms with Crippen molar-refractivity contribution < 1.29 is 9.53 Å². The van der Waals surface area contributed by atoms with E-state index in [2.05, 4.69) is 15.3 Å². The van der Waals surface area contributed by atoms with Gasteiger partial charge in [-0.05, 0) is 55.7 Å². The number of nitrogens with zero attached hydrogens (tertiary/aromatic N) is 1. The van der Waals surface area contributed by atoms with E-state index in [1.807, 2.05) is 12.3 Å². The Morgan fingerprint density at radius 2 is 2.26 bits per heavy atom. The molecular weight excluding hydrogens is 314 g/mol. The average Bonchev–Trinajstić information content (AvgIpc) is 3.26. The summed E-state index contributed by atoms with van der Waals surface area (Å²) in [7, 11) is 0. The molecule has 1 amide bonds. The van der Waals surface area contributed by atoms with E-state index in [1.54, 1.807) is 6.07 Å². The first kappa shape index (κ1) is 15.0. The molecule has 2 aromatic heterocycles. The standard InChI is InChI=1S/C17H20ClN3O2/c18-15-6-5-13-16(21-15)12(9-19-13)10-3-4-11(8-10)20-17(22)14-2-1-7-23-14/h5-6,9-11,14,19H,1-4,7-8H2,(H,20,22)/t10-,11+,14+/m1/s1. The molecule has 5 nitrogen and oxygen atoms in total. The van der Waals surface area contributed by atoms with E-state index < -0.39 is 0 Å². The lowest BCUT2D eigenvalue weighted by atomic mass is 9.99. The van der Waals surface area contributed by atoms with E-state index in [9.17, 15) is 4.79 Å². The van der Waals surface area contributed by atoms with Crippen LogP contribution in [0.25, 0.3) is 11.0 Å². The highest BCUT2D eigenvalue weighted by Crippen LogP contribution is 2.37. The van der Waals surface area contributed by atoms with Gasteiger partial charge in [0.25, 0.3) is 0 Å². The van der Waals surface area contributed by atoms with Gasteiger partial charge in [0.05, 0.1) is 11.0 Å². The van der Waals surface area contributed by atoms with Crippen molar-refractivity contribution in [2.24, 2.45) is 0 Å². The quantitative estimate of drug-likeness (QED) is 0.848. The van der Waals surface area contributed by atoms with Crippen LogP contribution in [0.15, 0.2) is 18.3 Å². The van der Waals surface area contributed by atoms with Gasteiger partial charge in [-0.2, -0.15) is 0 Å². The number of hydrogen-bond acceptors (Lipinski definition) is 3. The Labute approximate surface area is 139 Å². The summed E-state index contributed by atoms with van der Waals surface area (Å²) in [6.45, 7) is 0.702. The molecule has 0 radical (unpaired) electrons. The zero-order valence-corrected chi connectivity index (χ0v) is 13.6. The predicted molar refractivity (Wildman–Crippen MR) is 88.6 cm³/mol. The van der Waals surface area contributed by atoms with Gasteiger partial charge < -0.3 is 15.0 Å². The Balaban J connectivity index is 1.45. The summed E-state index contributed by atoms with van der Waals surface area (Å²) in [5.41, 5.74) is 3.17. The maximum atomic E-state index is 12.2.